The highest BCUT2D eigenvalue weighted by molar-refractivity contribution is 5.92. The molecule has 27 heavy (non-hydrogen) atoms. The maximum atomic E-state index is 11.9. The van der Waals surface area contributed by atoms with E-state index in [-0.39, 0.29) is 12.1 Å². The van der Waals surface area contributed by atoms with Crippen LogP contribution in [-0.2, 0) is 0 Å². The Bertz CT molecular complexity index is 982. The SMILES string of the molecule is CCNC(=O)N(C)c1cc(Oc2ccc3c(ccn3C(=O)NC)c2)ccn1. The highest BCUT2D eigenvalue weighted by Gasteiger charge is 2.12. The first-order valence-electron chi connectivity index (χ1n) is 8.52. The molecule has 1 aromatic carbocycles. The van der Waals surface area contributed by atoms with Crippen LogP contribution >= 0.6 is 0 Å². The molecule has 0 radical (unpaired) electrons. The number of aromatic nitrogens is 2. The van der Waals surface area contributed by atoms with Gasteiger partial charge in [0.25, 0.3) is 0 Å². The molecule has 0 aliphatic rings. The third kappa shape index (κ3) is 3.84. The molecule has 3 aromatic rings. The Labute approximate surface area is 156 Å². The summed E-state index contributed by atoms with van der Waals surface area (Å²) >= 11 is 0. The van der Waals surface area contributed by atoms with Crippen molar-refractivity contribution in [1.82, 2.24) is 20.2 Å². The Morgan fingerprint density at radius 1 is 1.19 bits per heavy atom. The predicted molar refractivity (Wildman–Crippen MR) is 104 cm³/mol. The molecule has 2 N–H and O–H groups in total. The first-order valence-corrected chi connectivity index (χ1v) is 8.52. The molecule has 0 aliphatic heterocycles. The predicted octanol–water partition coefficient (Wildman–Crippen LogP) is 3.18. The van der Waals surface area contributed by atoms with Crippen molar-refractivity contribution >= 4 is 28.8 Å². The van der Waals surface area contributed by atoms with Crippen molar-refractivity contribution in [3.63, 3.8) is 0 Å². The van der Waals surface area contributed by atoms with Gasteiger partial charge in [-0.1, -0.05) is 0 Å². The largest absolute Gasteiger partial charge is 0.457 e. The summed E-state index contributed by atoms with van der Waals surface area (Å²) in [5, 5.41) is 6.20. The second kappa shape index (κ2) is 7.77. The lowest BCUT2D eigenvalue weighted by atomic mass is 10.2. The average Bonchev–Trinajstić information content (AvgIpc) is 3.10. The zero-order valence-electron chi connectivity index (χ0n) is 15.4. The molecule has 0 atom stereocenters. The lowest BCUT2D eigenvalue weighted by Gasteiger charge is -2.17. The van der Waals surface area contributed by atoms with E-state index >= 15 is 0 Å². The lowest BCUT2D eigenvalue weighted by molar-refractivity contribution is 0.245. The Hall–Kier alpha value is -3.55. The van der Waals surface area contributed by atoms with E-state index in [1.807, 2.05) is 25.1 Å². The number of ether oxygens (including phenoxy) is 1. The molecule has 2 aromatic heterocycles. The van der Waals surface area contributed by atoms with Crippen LogP contribution in [0.2, 0.25) is 0 Å². The molecule has 0 saturated heterocycles. The van der Waals surface area contributed by atoms with E-state index in [0.29, 0.717) is 23.9 Å². The van der Waals surface area contributed by atoms with Gasteiger partial charge < -0.3 is 15.4 Å². The van der Waals surface area contributed by atoms with Gasteiger partial charge in [0.15, 0.2) is 0 Å². The van der Waals surface area contributed by atoms with Gasteiger partial charge in [-0.25, -0.2) is 14.6 Å². The van der Waals surface area contributed by atoms with E-state index in [9.17, 15) is 9.59 Å². The number of carbonyl (C=O) groups excluding carboxylic acids is 2. The first-order chi connectivity index (χ1) is 13.0. The molecule has 8 nitrogen and oxygen atoms in total. The van der Waals surface area contributed by atoms with Gasteiger partial charge in [0.2, 0.25) is 0 Å². The summed E-state index contributed by atoms with van der Waals surface area (Å²) in [6.07, 6.45) is 3.29. The minimum absolute atomic E-state index is 0.203. The zero-order chi connectivity index (χ0) is 19.4. The van der Waals surface area contributed by atoms with Crippen LogP contribution in [0.1, 0.15) is 6.92 Å². The summed E-state index contributed by atoms with van der Waals surface area (Å²) in [4.78, 5) is 29.4. The first kappa shape index (κ1) is 18.2. The van der Waals surface area contributed by atoms with Crippen LogP contribution in [0, 0.1) is 0 Å². The number of fused-ring (bicyclic) bond motifs is 1. The van der Waals surface area contributed by atoms with Crippen LogP contribution in [0.3, 0.4) is 0 Å². The number of rotatable bonds is 4. The van der Waals surface area contributed by atoms with E-state index in [4.69, 9.17) is 4.74 Å². The van der Waals surface area contributed by atoms with Crippen LogP contribution in [0.4, 0.5) is 15.4 Å². The number of anilines is 1. The second-order valence-corrected chi connectivity index (χ2v) is 5.81. The Kier molecular flexibility index (Phi) is 5.25. The van der Waals surface area contributed by atoms with E-state index in [2.05, 4.69) is 15.6 Å². The van der Waals surface area contributed by atoms with Gasteiger partial charge in [0, 0.05) is 44.5 Å². The highest BCUT2D eigenvalue weighted by atomic mass is 16.5. The zero-order valence-corrected chi connectivity index (χ0v) is 15.4. The number of amides is 3. The van der Waals surface area contributed by atoms with Crippen molar-refractivity contribution in [2.45, 2.75) is 6.92 Å². The maximum Gasteiger partial charge on any atom is 0.325 e. The molecule has 0 aliphatic carbocycles. The van der Waals surface area contributed by atoms with Gasteiger partial charge >= 0.3 is 12.1 Å². The van der Waals surface area contributed by atoms with Crippen LogP contribution in [0.25, 0.3) is 10.9 Å². The van der Waals surface area contributed by atoms with Gasteiger partial charge in [-0.05, 0) is 37.3 Å². The van der Waals surface area contributed by atoms with Gasteiger partial charge in [0.05, 0.1) is 5.52 Å². The van der Waals surface area contributed by atoms with Crippen LogP contribution in [-0.4, -0.2) is 42.3 Å². The van der Waals surface area contributed by atoms with E-state index in [0.717, 1.165) is 10.9 Å². The summed E-state index contributed by atoms with van der Waals surface area (Å²) < 4.78 is 7.44. The number of hydrogen-bond acceptors (Lipinski definition) is 4. The highest BCUT2D eigenvalue weighted by Crippen LogP contribution is 2.27. The summed E-state index contributed by atoms with van der Waals surface area (Å²) in [6.45, 7) is 2.39. The monoisotopic (exact) mass is 367 g/mol. The van der Waals surface area contributed by atoms with Gasteiger partial charge in [-0.15, -0.1) is 0 Å². The fraction of sp³-hybridized carbons (Fsp3) is 0.211. The molecule has 2 heterocycles. The van der Waals surface area contributed by atoms with Crippen LogP contribution in [0.5, 0.6) is 11.5 Å². The molecular formula is C19H21N5O3. The normalized spacial score (nSPS) is 10.5. The number of hydrogen-bond donors (Lipinski definition) is 2. The summed E-state index contributed by atoms with van der Waals surface area (Å²) in [5.74, 6) is 1.65. The molecule has 3 rings (SSSR count). The molecule has 3 amide bonds. The Balaban J connectivity index is 1.82. The third-order valence-corrected chi connectivity index (χ3v) is 4.02. The number of nitrogens with one attached hydrogen (secondary N) is 2. The number of urea groups is 1. The van der Waals surface area contributed by atoms with Crippen molar-refractivity contribution in [2.75, 3.05) is 25.5 Å². The summed E-state index contributed by atoms with van der Waals surface area (Å²) in [6, 6.07) is 10.3. The molecule has 140 valence electrons. The minimum atomic E-state index is -0.237. The molecular weight excluding hydrogens is 346 g/mol. The molecule has 0 bridgehead atoms. The fourth-order valence-corrected chi connectivity index (χ4v) is 2.64. The number of carbonyl (C=O) groups is 2. The molecule has 0 fully saturated rings. The topological polar surface area (TPSA) is 88.5 Å². The smallest absolute Gasteiger partial charge is 0.325 e. The van der Waals surface area contributed by atoms with Crippen LogP contribution < -0.4 is 20.3 Å². The number of benzene rings is 1. The fourth-order valence-electron chi connectivity index (χ4n) is 2.64. The number of nitrogens with zero attached hydrogens (tertiary/aromatic N) is 3. The third-order valence-electron chi connectivity index (χ3n) is 4.02. The summed E-state index contributed by atoms with van der Waals surface area (Å²) in [7, 11) is 3.23. The average molecular weight is 367 g/mol. The lowest BCUT2D eigenvalue weighted by Crippen LogP contribution is -2.37. The summed E-state index contributed by atoms with van der Waals surface area (Å²) in [5.41, 5.74) is 0.785. The van der Waals surface area contributed by atoms with E-state index in [1.54, 1.807) is 44.7 Å². The maximum absolute atomic E-state index is 11.9. The van der Waals surface area contributed by atoms with Crippen molar-refractivity contribution in [3.8, 4) is 11.5 Å². The molecule has 0 unspecified atom stereocenters. The van der Waals surface area contributed by atoms with Crippen molar-refractivity contribution in [2.24, 2.45) is 0 Å². The van der Waals surface area contributed by atoms with Gasteiger partial charge in [0.1, 0.15) is 17.3 Å². The second-order valence-electron chi connectivity index (χ2n) is 5.81. The van der Waals surface area contributed by atoms with E-state index in [1.165, 1.54) is 9.47 Å². The van der Waals surface area contributed by atoms with Crippen molar-refractivity contribution < 1.29 is 14.3 Å². The van der Waals surface area contributed by atoms with Crippen LogP contribution in [0.15, 0.2) is 48.8 Å². The van der Waals surface area contributed by atoms with Crippen molar-refractivity contribution in [1.29, 1.82) is 0 Å². The molecule has 0 saturated carbocycles. The molecule has 8 heteroatoms. The quantitative estimate of drug-likeness (QED) is 0.741. The van der Waals surface area contributed by atoms with E-state index < -0.39 is 0 Å². The Morgan fingerprint density at radius 2 is 1.96 bits per heavy atom. The van der Waals surface area contributed by atoms with Gasteiger partial charge in [-0.2, -0.15) is 0 Å². The molecule has 0 spiro atoms. The Morgan fingerprint density at radius 3 is 2.70 bits per heavy atom. The van der Waals surface area contributed by atoms with Crippen molar-refractivity contribution in [3.05, 3.63) is 48.8 Å². The standard InChI is InChI=1S/C19H21N5O3/c1-4-21-19(26)23(3)17-12-15(7-9-22-17)27-14-5-6-16-13(11-14)8-10-24(16)18(25)20-2/h5-12H,4H2,1-3H3,(H,20,25)(H,21,26). The minimum Gasteiger partial charge on any atom is -0.457 e. The number of pyridine rings is 1. The van der Waals surface area contributed by atoms with Gasteiger partial charge in [-0.3, -0.25) is 9.47 Å².